The summed E-state index contributed by atoms with van der Waals surface area (Å²) >= 11 is 0. The van der Waals surface area contributed by atoms with Gasteiger partial charge in [0.2, 0.25) is 11.8 Å². The fourth-order valence-corrected chi connectivity index (χ4v) is 5.40. The average Bonchev–Trinajstić information content (AvgIpc) is 3.01. The Kier molecular flexibility index (Phi) is 9.90. The summed E-state index contributed by atoms with van der Waals surface area (Å²) in [6.07, 6.45) is 2.19. The summed E-state index contributed by atoms with van der Waals surface area (Å²) in [6, 6.07) is 33.3. The van der Waals surface area contributed by atoms with E-state index in [-0.39, 0.29) is 11.8 Å². The van der Waals surface area contributed by atoms with E-state index in [2.05, 4.69) is 65.2 Å². The van der Waals surface area contributed by atoms with E-state index in [1.807, 2.05) is 42.5 Å². The second kappa shape index (κ2) is 14.4. The van der Waals surface area contributed by atoms with E-state index in [9.17, 15) is 9.59 Å². The Morgan fingerprint density at radius 3 is 2.07 bits per heavy atom. The lowest BCUT2D eigenvalue weighted by atomic mass is 9.95. The van der Waals surface area contributed by atoms with Crippen molar-refractivity contribution in [2.45, 2.75) is 33.1 Å². The molecule has 0 aliphatic carbocycles. The van der Waals surface area contributed by atoms with Crippen LogP contribution in [0.15, 0.2) is 97.1 Å². The van der Waals surface area contributed by atoms with E-state index in [1.165, 1.54) is 12.5 Å². The monoisotopic (exact) mass is 574 g/mol. The second-order valence-electron chi connectivity index (χ2n) is 10.7. The number of hydrogen-bond acceptors (Lipinski definition) is 4. The number of hydrogen-bond donors (Lipinski definition) is 2. The van der Waals surface area contributed by atoms with Crippen molar-refractivity contribution in [3.63, 3.8) is 0 Å². The van der Waals surface area contributed by atoms with Gasteiger partial charge >= 0.3 is 0 Å². The van der Waals surface area contributed by atoms with Crippen molar-refractivity contribution in [3.8, 4) is 22.6 Å². The fourth-order valence-electron chi connectivity index (χ4n) is 5.40. The highest BCUT2D eigenvalue weighted by Crippen LogP contribution is 2.32. The number of nitrogens with one attached hydrogen (secondary N) is 2. The summed E-state index contributed by atoms with van der Waals surface area (Å²) in [4.78, 5) is 22.8. The van der Waals surface area contributed by atoms with Gasteiger partial charge in [-0.2, -0.15) is 0 Å². The van der Waals surface area contributed by atoms with Crippen molar-refractivity contribution in [3.05, 3.63) is 108 Å². The Labute approximate surface area is 253 Å². The van der Waals surface area contributed by atoms with Crippen LogP contribution in [0.5, 0.6) is 11.5 Å². The summed E-state index contributed by atoms with van der Waals surface area (Å²) in [5, 5.41) is 10.3. The highest BCUT2D eigenvalue weighted by molar-refractivity contribution is 5.92. The number of benzene rings is 5. The first kappa shape index (κ1) is 29.6. The zero-order valence-corrected chi connectivity index (χ0v) is 24.8. The van der Waals surface area contributed by atoms with E-state index in [0.717, 1.165) is 69.0 Å². The van der Waals surface area contributed by atoms with E-state index in [4.69, 9.17) is 9.47 Å². The van der Waals surface area contributed by atoms with Crippen LogP contribution in [0, 0.1) is 0 Å². The molecule has 6 nitrogen and oxygen atoms in total. The number of amides is 2. The maximum atomic E-state index is 11.5. The van der Waals surface area contributed by atoms with Crippen molar-refractivity contribution in [2.24, 2.45) is 0 Å². The van der Waals surface area contributed by atoms with Gasteiger partial charge in [-0.05, 0) is 75.5 Å². The van der Waals surface area contributed by atoms with E-state index in [1.54, 1.807) is 6.92 Å². The molecule has 2 N–H and O–H groups in total. The molecule has 0 spiro atoms. The Morgan fingerprint density at radius 2 is 1.33 bits per heavy atom. The molecule has 43 heavy (non-hydrogen) atoms. The zero-order chi connectivity index (χ0) is 30.0. The molecule has 0 atom stereocenters. The number of rotatable bonds is 13. The molecule has 0 radical (unpaired) electrons. The molecular formula is C37H38N2O4. The topological polar surface area (TPSA) is 76.7 Å². The van der Waals surface area contributed by atoms with Crippen molar-refractivity contribution in [1.29, 1.82) is 0 Å². The fraction of sp³-hybridized carbons (Fsp3) is 0.243. The third-order valence-electron chi connectivity index (χ3n) is 7.42. The van der Waals surface area contributed by atoms with Crippen LogP contribution in [0.3, 0.4) is 0 Å². The van der Waals surface area contributed by atoms with Gasteiger partial charge in [0.1, 0.15) is 11.5 Å². The van der Waals surface area contributed by atoms with Crippen LogP contribution in [0.1, 0.15) is 31.4 Å². The molecular weight excluding hydrogens is 536 g/mol. The molecule has 5 aromatic carbocycles. The Bertz CT molecular complexity index is 1710. The van der Waals surface area contributed by atoms with Gasteiger partial charge in [0.25, 0.3) is 0 Å². The minimum atomic E-state index is -0.0283. The summed E-state index contributed by atoms with van der Waals surface area (Å²) in [5.74, 6) is 1.60. The van der Waals surface area contributed by atoms with E-state index in [0.29, 0.717) is 26.3 Å². The van der Waals surface area contributed by atoms with E-state index < -0.39 is 0 Å². The van der Waals surface area contributed by atoms with Gasteiger partial charge in [-0.3, -0.25) is 9.59 Å². The molecule has 0 unspecified atom stereocenters. The van der Waals surface area contributed by atoms with Crippen molar-refractivity contribution in [1.82, 2.24) is 10.6 Å². The van der Waals surface area contributed by atoms with E-state index >= 15 is 0 Å². The summed E-state index contributed by atoms with van der Waals surface area (Å²) in [6.45, 7) is 5.29. The third-order valence-corrected chi connectivity index (χ3v) is 7.42. The van der Waals surface area contributed by atoms with Crippen LogP contribution in [-0.2, 0) is 22.4 Å². The first-order valence-electron chi connectivity index (χ1n) is 14.8. The predicted molar refractivity (Wildman–Crippen MR) is 174 cm³/mol. The van der Waals surface area contributed by atoms with Gasteiger partial charge in [0.05, 0.1) is 13.2 Å². The first-order valence-corrected chi connectivity index (χ1v) is 14.8. The van der Waals surface area contributed by atoms with Crippen molar-refractivity contribution < 1.29 is 19.1 Å². The standard InChI is InChI=1S/C37H38N2O4/c1-26(40)38-19-17-30-12-6-11-29-13-7-14-36(37(29)30)43-22-8-21-42-34-16-15-31-23-33(28-9-4-3-5-10-28)24-32(35(31)25-34)18-20-39-27(2)41/h3-7,9-16,23-25H,8,17-22H2,1-2H3,(H,38,40)(H,39,41). The molecule has 0 saturated heterocycles. The molecule has 0 aromatic heterocycles. The first-order chi connectivity index (χ1) is 21.0. The highest BCUT2D eigenvalue weighted by Gasteiger charge is 2.10. The minimum Gasteiger partial charge on any atom is -0.493 e. The molecule has 0 aliphatic heterocycles. The zero-order valence-electron chi connectivity index (χ0n) is 24.8. The maximum Gasteiger partial charge on any atom is 0.216 e. The second-order valence-corrected chi connectivity index (χ2v) is 10.7. The predicted octanol–water partition coefficient (Wildman–Crippen LogP) is 6.87. The Morgan fingerprint density at radius 1 is 0.628 bits per heavy atom. The lowest BCUT2D eigenvalue weighted by Gasteiger charge is -2.15. The van der Waals surface area contributed by atoms with Crippen LogP contribution in [0.4, 0.5) is 0 Å². The van der Waals surface area contributed by atoms with Gasteiger partial charge in [0, 0.05) is 38.7 Å². The van der Waals surface area contributed by atoms with Gasteiger partial charge in [0.15, 0.2) is 0 Å². The third kappa shape index (κ3) is 7.92. The molecule has 6 heteroatoms. The van der Waals surface area contributed by atoms with Gasteiger partial charge in [-0.15, -0.1) is 0 Å². The van der Waals surface area contributed by atoms with Crippen LogP contribution in [0.2, 0.25) is 0 Å². The summed E-state index contributed by atoms with van der Waals surface area (Å²) < 4.78 is 12.4. The molecule has 220 valence electrons. The number of fused-ring (bicyclic) bond motifs is 2. The van der Waals surface area contributed by atoms with Gasteiger partial charge in [-0.25, -0.2) is 0 Å². The van der Waals surface area contributed by atoms with Gasteiger partial charge < -0.3 is 20.1 Å². The maximum absolute atomic E-state index is 11.5. The highest BCUT2D eigenvalue weighted by atomic mass is 16.5. The minimum absolute atomic E-state index is 0.0266. The summed E-state index contributed by atoms with van der Waals surface area (Å²) in [7, 11) is 0. The largest absolute Gasteiger partial charge is 0.493 e. The lowest BCUT2D eigenvalue weighted by molar-refractivity contribution is -0.119. The van der Waals surface area contributed by atoms with Crippen LogP contribution in [0.25, 0.3) is 32.7 Å². The molecule has 0 aliphatic rings. The molecule has 5 rings (SSSR count). The lowest BCUT2D eigenvalue weighted by Crippen LogP contribution is -2.22. The van der Waals surface area contributed by atoms with Crippen LogP contribution in [-0.4, -0.2) is 38.1 Å². The van der Waals surface area contributed by atoms with Crippen LogP contribution < -0.4 is 20.1 Å². The molecule has 0 saturated carbocycles. The Balaban J connectivity index is 1.25. The Hall–Kier alpha value is -4.84. The SMILES string of the molecule is CC(=O)NCCc1cc(-c2ccccc2)cc2ccc(OCCCOc3cccc4cccc(CCNC(C)=O)c34)cc12. The molecule has 0 heterocycles. The average molecular weight is 575 g/mol. The number of carbonyl (C=O) groups is 2. The normalized spacial score (nSPS) is 10.9. The van der Waals surface area contributed by atoms with Crippen molar-refractivity contribution >= 4 is 33.4 Å². The quantitative estimate of drug-likeness (QED) is 0.151. The smallest absolute Gasteiger partial charge is 0.216 e. The van der Waals surface area contributed by atoms with Gasteiger partial charge in [-0.1, -0.05) is 72.8 Å². The number of ether oxygens (including phenoxy) is 2. The molecule has 2 amide bonds. The molecule has 0 bridgehead atoms. The molecule has 5 aromatic rings. The molecule has 0 fully saturated rings. The van der Waals surface area contributed by atoms with Crippen LogP contribution >= 0.6 is 0 Å². The summed E-state index contributed by atoms with van der Waals surface area (Å²) in [5.41, 5.74) is 4.64. The number of carbonyl (C=O) groups excluding carboxylic acids is 2. The van der Waals surface area contributed by atoms with Crippen molar-refractivity contribution in [2.75, 3.05) is 26.3 Å².